The monoisotopic (exact) mass is 476 g/mol. The quantitative estimate of drug-likeness (QED) is 0.538. The summed E-state index contributed by atoms with van der Waals surface area (Å²) in [5.74, 6) is 0.0889. The fourth-order valence-corrected chi connectivity index (χ4v) is 6.94. The van der Waals surface area contributed by atoms with Gasteiger partial charge in [-0.1, -0.05) is 48.5 Å². The molecular weight excluding hydrogens is 432 g/mol. The fraction of sp³-hybridized carbons (Fsp3) is 0.633. The average Bonchev–Trinajstić information content (AvgIpc) is 3.35. The standard InChI is InChI=1S/C30H44N4O/c1-3-17-32-20-16-27-10-7-11-28(22-32)34(27)29(26-9-6-8-23(2)21-26)24-12-14-25(15-13-24)30(35)31-33-18-4-5-19-33/h3,8,12-14,21,25,27-29H,1,4-7,9-11,15-20,22H2,2H3,(H,31,35). The van der Waals surface area contributed by atoms with Crippen LogP contribution in [0, 0.1) is 5.92 Å². The summed E-state index contributed by atoms with van der Waals surface area (Å²) in [5, 5.41) is 2.09. The van der Waals surface area contributed by atoms with E-state index in [0.29, 0.717) is 18.1 Å². The van der Waals surface area contributed by atoms with Gasteiger partial charge in [0.1, 0.15) is 0 Å². The lowest BCUT2D eigenvalue weighted by Gasteiger charge is -2.47. The van der Waals surface area contributed by atoms with Gasteiger partial charge in [-0.15, -0.1) is 6.58 Å². The lowest BCUT2D eigenvalue weighted by molar-refractivity contribution is -0.128. The highest BCUT2D eigenvalue weighted by molar-refractivity contribution is 5.80. The predicted octanol–water partition coefficient (Wildman–Crippen LogP) is 4.77. The summed E-state index contributed by atoms with van der Waals surface area (Å²) in [4.78, 5) is 18.4. The number of nitrogens with one attached hydrogen (secondary N) is 1. The van der Waals surface area contributed by atoms with Gasteiger partial charge in [0.25, 0.3) is 0 Å². The molecule has 5 heteroatoms. The van der Waals surface area contributed by atoms with Gasteiger partial charge in [-0.2, -0.15) is 0 Å². The van der Waals surface area contributed by atoms with Gasteiger partial charge in [-0.25, -0.2) is 5.01 Å². The lowest BCUT2D eigenvalue weighted by Crippen LogP contribution is -2.54. The number of allylic oxidation sites excluding steroid dienone is 4. The van der Waals surface area contributed by atoms with Crippen molar-refractivity contribution in [1.82, 2.24) is 20.2 Å². The Morgan fingerprint density at radius 2 is 1.97 bits per heavy atom. The molecular formula is C30H44N4O. The maximum Gasteiger partial charge on any atom is 0.241 e. The highest BCUT2D eigenvalue weighted by Gasteiger charge is 2.41. The van der Waals surface area contributed by atoms with Gasteiger partial charge in [-0.05, 0) is 69.4 Å². The van der Waals surface area contributed by atoms with Crippen molar-refractivity contribution in [2.45, 2.75) is 82.8 Å². The van der Waals surface area contributed by atoms with E-state index >= 15 is 0 Å². The van der Waals surface area contributed by atoms with Crippen molar-refractivity contribution in [1.29, 1.82) is 0 Å². The Morgan fingerprint density at radius 3 is 2.71 bits per heavy atom. The second kappa shape index (κ2) is 11.4. The number of carbonyl (C=O) groups excluding carboxylic acids is 1. The van der Waals surface area contributed by atoms with Gasteiger partial charge in [0.15, 0.2) is 0 Å². The number of hydrogen-bond acceptors (Lipinski definition) is 4. The molecule has 0 saturated carbocycles. The number of fused-ring (bicyclic) bond motifs is 2. The molecule has 3 fully saturated rings. The molecule has 2 bridgehead atoms. The van der Waals surface area contributed by atoms with Gasteiger partial charge in [0, 0.05) is 44.8 Å². The van der Waals surface area contributed by atoms with Crippen LogP contribution in [0.3, 0.4) is 0 Å². The summed E-state index contributed by atoms with van der Waals surface area (Å²) < 4.78 is 0. The van der Waals surface area contributed by atoms with Crippen molar-refractivity contribution in [3.63, 3.8) is 0 Å². The molecule has 5 aliphatic rings. The molecule has 0 spiro atoms. The Bertz CT molecular complexity index is 909. The smallest absolute Gasteiger partial charge is 0.241 e. The average molecular weight is 477 g/mol. The Kier molecular flexibility index (Phi) is 8.06. The number of piperidine rings is 1. The molecule has 4 atom stereocenters. The highest BCUT2D eigenvalue weighted by atomic mass is 16.2. The van der Waals surface area contributed by atoms with Crippen molar-refractivity contribution < 1.29 is 4.79 Å². The Hall–Kier alpha value is -1.95. The van der Waals surface area contributed by atoms with Crippen LogP contribution in [-0.2, 0) is 4.79 Å². The van der Waals surface area contributed by atoms with E-state index in [2.05, 4.69) is 70.2 Å². The van der Waals surface area contributed by atoms with E-state index < -0.39 is 0 Å². The molecule has 1 amide bonds. The van der Waals surface area contributed by atoms with Crippen LogP contribution >= 0.6 is 0 Å². The van der Waals surface area contributed by atoms with E-state index in [0.717, 1.165) is 45.4 Å². The van der Waals surface area contributed by atoms with E-state index in [4.69, 9.17) is 0 Å². The summed E-state index contributed by atoms with van der Waals surface area (Å²) in [7, 11) is 0. The molecule has 190 valence electrons. The van der Waals surface area contributed by atoms with Gasteiger partial charge in [0.05, 0.1) is 12.0 Å². The van der Waals surface area contributed by atoms with Crippen LogP contribution in [0.25, 0.3) is 0 Å². The zero-order chi connectivity index (χ0) is 24.2. The van der Waals surface area contributed by atoms with Crippen molar-refractivity contribution >= 4 is 5.91 Å². The van der Waals surface area contributed by atoms with E-state index in [9.17, 15) is 4.79 Å². The third-order valence-electron chi connectivity index (χ3n) is 8.67. The summed E-state index contributed by atoms with van der Waals surface area (Å²) in [5.41, 5.74) is 7.52. The molecule has 0 aromatic heterocycles. The maximum atomic E-state index is 12.9. The number of carbonyl (C=O) groups is 1. The third-order valence-corrected chi connectivity index (χ3v) is 8.67. The largest absolute Gasteiger partial charge is 0.298 e. The zero-order valence-electron chi connectivity index (χ0n) is 21.6. The van der Waals surface area contributed by atoms with Crippen LogP contribution in [0.5, 0.6) is 0 Å². The minimum Gasteiger partial charge on any atom is -0.298 e. The summed E-state index contributed by atoms with van der Waals surface area (Å²) in [6.07, 6.45) is 24.3. The minimum absolute atomic E-state index is 0.0614. The lowest BCUT2D eigenvalue weighted by atomic mass is 9.81. The SMILES string of the molecule is C=CCN1CCC2CCCC(C1)N2C(C1=CCC(C(=O)NN2CCCC2)C=C1)C1=CC(C)=CCC1. The van der Waals surface area contributed by atoms with Gasteiger partial charge < -0.3 is 0 Å². The van der Waals surface area contributed by atoms with E-state index in [1.165, 1.54) is 56.2 Å². The molecule has 0 radical (unpaired) electrons. The Labute approximate surface area is 212 Å². The number of hydrogen-bond donors (Lipinski definition) is 1. The fourth-order valence-electron chi connectivity index (χ4n) is 6.94. The maximum absolute atomic E-state index is 12.9. The normalized spacial score (nSPS) is 31.2. The van der Waals surface area contributed by atoms with E-state index in [-0.39, 0.29) is 11.8 Å². The van der Waals surface area contributed by atoms with Gasteiger partial charge in [-0.3, -0.25) is 20.0 Å². The molecule has 0 aromatic rings. The zero-order valence-corrected chi connectivity index (χ0v) is 21.6. The number of hydrazine groups is 1. The first kappa shape index (κ1) is 24.7. The molecule has 1 N–H and O–H groups in total. The Morgan fingerprint density at radius 1 is 1.14 bits per heavy atom. The van der Waals surface area contributed by atoms with Crippen LogP contribution in [0.4, 0.5) is 0 Å². The van der Waals surface area contributed by atoms with Gasteiger partial charge >= 0.3 is 0 Å². The van der Waals surface area contributed by atoms with Crippen LogP contribution in [-0.4, -0.2) is 71.6 Å². The van der Waals surface area contributed by atoms with Crippen LogP contribution in [0.2, 0.25) is 0 Å². The summed E-state index contributed by atoms with van der Waals surface area (Å²) >= 11 is 0. The second-order valence-electron chi connectivity index (χ2n) is 11.2. The second-order valence-corrected chi connectivity index (χ2v) is 11.2. The number of nitrogens with zero attached hydrogens (tertiary/aromatic N) is 3. The first-order valence-corrected chi connectivity index (χ1v) is 14.0. The first-order valence-electron chi connectivity index (χ1n) is 14.0. The molecule has 5 nitrogen and oxygen atoms in total. The highest BCUT2D eigenvalue weighted by Crippen LogP contribution is 2.39. The molecule has 4 unspecified atom stereocenters. The molecule has 35 heavy (non-hydrogen) atoms. The number of amides is 1. The third kappa shape index (κ3) is 5.73. The summed E-state index contributed by atoms with van der Waals surface area (Å²) in [6, 6.07) is 1.54. The Balaban J connectivity index is 1.39. The van der Waals surface area contributed by atoms with Crippen molar-refractivity contribution in [3.05, 3.63) is 59.8 Å². The summed E-state index contributed by atoms with van der Waals surface area (Å²) in [6.45, 7) is 11.5. The van der Waals surface area contributed by atoms with Crippen molar-refractivity contribution in [2.75, 3.05) is 32.7 Å². The molecule has 2 aliphatic carbocycles. The van der Waals surface area contributed by atoms with Gasteiger partial charge in [0.2, 0.25) is 5.91 Å². The molecule has 0 aromatic carbocycles. The van der Waals surface area contributed by atoms with Crippen molar-refractivity contribution in [3.8, 4) is 0 Å². The topological polar surface area (TPSA) is 38.8 Å². The first-order chi connectivity index (χ1) is 17.1. The molecule has 3 saturated heterocycles. The molecule has 5 rings (SSSR count). The van der Waals surface area contributed by atoms with E-state index in [1.54, 1.807) is 5.57 Å². The van der Waals surface area contributed by atoms with Crippen LogP contribution < -0.4 is 5.43 Å². The minimum atomic E-state index is -0.0614. The molecule has 3 heterocycles. The van der Waals surface area contributed by atoms with E-state index in [1.807, 2.05) is 0 Å². The number of rotatable bonds is 7. The van der Waals surface area contributed by atoms with Crippen LogP contribution in [0.15, 0.2) is 59.8 Å². The molecule has 3 aliphatic heterocycles. The van der Waals surface area contributed by atoms with Crippen LogP contribution in [0.1, 0.15) is 64.7 Å². The van der Waals surface area contributed by atoms with Crippen molar-refractivity contribution in [2.24, 2.45) is 5.92 Å². The predicted molar refractivity (Wildman–Crippen MR) is 144 cm³/mol.